The third-order valence-electron chi connectivity index (χ3n) is 0. The van der Waals surface area contributed by atoms with Gasteiger partial charge in [-0.15, -0.1) is 0 Å². The van der Waals surface area contributed by atoms with Crippen LogP contribution in [0.3, 0.4) is 0 Å². The molecule has 0 saturated heterocycles. The standard InChI is InChI=1S/CH2O3.Ca.Na.H2O.2H/c2-1(3)4;;;;;/h(H2,2,3,4);;;1H2;;/q;;+1;;;. The molecule has 0 aliphatic heterocycles. The van der Waals surface area contributed by atoms with Crippen LogP contribution in [0.1, 0.15) is 0 Å². The Morgan fingerprint density at radius 3 is 1.29 bits per heavy atom. The first kappa shape index (κ1) is 23.6. The van der Waals surface area contributed by atoms with Crippen LogP contribution in [-0.4, -0.2) is 59.6 Å². The van der Waals surface area contributed by atoms with E-state index in [1.54, 1.807) is 0 Å². The molecule has 0 radical (unpaired) electrons. The molecule has 0 unspecified atom stereocenters. The number of hydrogen-bond acceptors (Lipinski definition) is 1. The Morgan fingerprint density at radius 1 is 1.29 bits per heavy atom. The van der Waals surface area contributed by atoms with Crippen molar-refractivity contribution in [3.8, 4) is 0 Å². The fourth-order valence-corrected chi connectivity index (χ4v) is 0. The van der Waals surface area contributed by atoms with Gasteiger partial charge in [-0.2, -0.15) is 0 Å². The molecule has 0 aliphatic rings. The van der Waals surface area contributed by atoms with Crippen LogP contribution in [0, 0.1) is 0 Å². The summed E-state index contributed by atoms with van der Waals surface area (Å²) in [5.74, 6) is 0. The summed E-state index contributed by atoms with van der Waals surface area (Å²) in [6.07, 6.45) is -1.83. The monoisotopic (exact) mass is 145 g/mol. The fourth-order valence-electron chi connectivity index (χ4n) is 0. The van der Waals surface area contributed by atoms with E-state index < -0.39 is 6.16 Å². The summed E-state index contributed by atoms with van der Waals surface area (Å²) in [5.41, 5.74) is 0. The summed E-state index contributed by atoms with van der Waals surface area (Å²) in [4.78, 5) is 8.56. The van der Waals surface area contributed by atoms with Gasteiger partial charge in [-0.3, -0.25) is 0 Å². The van der Waals surface area contributed by atoms with Crippen molar-refractivity contribution in [2.75, 3.05) is 0 Å². The quantitative estimate of drug-likeness (QED) is 0.336. The van der Waals surface area contributed by atoms with Gasteiger partial charge in [-0.25, -0.2) is 4.79 Å². The summed E-state index contributed by atoms with van der Waals surface area (Å²) in [6.45, 7) is 0. The Bertz CT molecular complexity index is 34.7. The molecule has 0 aromatic heterocycles. The average molecular weight is 145 g/mol. The van der Waals surface area contributed by atoms with Gasteiger partial charge in [0.1, 0.15) is 0 Å². The first-order valence-corrected chi connectivity index (χ1v) is 0.651. The minimum atomic E-state index is -1.83. The Morgan fingerprint density at radius 2 is 1.29 bits per heavy atom. The van der Waals surface area contributed by atoms with Gasteiger partial charge < -0.3 is 15.7 Å². The van der Waals surface area contributed by atoms with Crippen molar-refractivity contribution >= 4 is 43.9 Å². The van der Waals surface area contributed by atoms with Gasteiger partial charge in [0.05, 0.1) is 0 Å². The Balaban J connectivity index is -0.0000000150. The number of hydrogen-bond donors (Lipinski definition) is 2. The smallest absolute Gasteiger partial charge is 1.00 e. The molecule has 0 rings (SSSR count). The Kier molecular flexibility index (Phi) is 52.8. The number of carboxylic acid groups (broad SMARTS) is 2. The summed E-state index contributed by atoms with van der Waals surface area (Å²) in [6, 6.07) is 0. The molecule has 0 aliphatic carbocycles. The Hall–Kier alpha value is 1.49. The molecule has 0 spiro atoms. The van der Waals surface area contributed by atoms with E-state index in [1.165, 1.54) is 0 Å². The number of rotatable bonds is 0. The normalized spacial score (nSPS) is 3.43. The van der Waals surface area contributed by atoms with Gasteiger partial charge in [-0.1, -0.05) is 0 Å². The maximum atomic E-state index is 8.56. The Labute approximate surface area is 92.5 Å². The molecule has 0 aromatic carbocycles. The van der Waals surface area contributed by atoms with Gasteiger partial charge in [0.15, 0.2) is 0 Å². The van der Waals surface area contributed by atoms with E-state index in [4.69, 9.17) is 15.0 Å². The SMILES string of the molecule is O.O=C(O)O.[CaH2].[Na+]. The molecule has 6 heteroatoms. The molecule has 0 amide bonds. The van der Waals surface area contributed by atoms with E-state index in [0.29, 0.717) is 0 Å². The summed E-state index contributed by atoms with van der Waals surface area (Å²) in [7, 11) is 0. The zero-order valence-electron chi connectivity index (χ0n) is 3.30. The van der Waals surface area contributed by atoms with Crippen molar-refractivity contribution < 1.29 is 50.0 Å². The molecule has 0 heterocycles. The van der Waals surface area contributed by atoms with Crippen LogP contribution >= 0.6 is 0 Å². The van der Waals surface area contributed by atoms with Gasteiger partial charge >= 0.3 is 73.5 Å². The van der Waals surface area contributed by atoms with Crippen molar-refractivity contribution in [3.63, 3.8) is 0 Å². The zero-order valence-corrected chi connectivity index (χ0v) is 5.30. The van der Waals surface area contributed by atoms with Crippen LogP contribution < -0.4 is 29.6 Å². The van der Waals surface area contributed by atoms with Crippen LogP contribution in [0.25, 0.3) is 0 Å². The molecule has 7 heavy (non-hydrogen) atoms. The molecule has 4 nitrogen and oxygen atoms in total. The van der Waals surface area contributed by atoms with E-state index in [2.05, 4.69) is 0 Å². The second-order valence-electron chi connectivity index (χ2n) is 0.283. The molecule has 0 aromatic rings. The molecule has 0 bridgehead atoms. The summed E-state index contributed by atoms with van der Waals surface area (Å²) >= 11 is 0. The van der Waals surface area contributed by atoms with Crippen LogP contribution in [0.15, 0.2) is 0 Å². The van der Waals surface area contributed by atoms with Crippen LogP contribution in [0.4, 0.5) is 4.79 Å². The second-order valence-corrected chi connectivity index (χ2v) is 0.283. The van der Waals surface area contributed by atoms with Crippen LogP contribution in [-0.2, 0) is 0 Å². The molecule has 0 fully saturated rings. The number of carbonyl (C=O) groups is 1. The molecule has 0 atom stereocenters. The molecular formula is CH6CaNaO4+. The first-order valence-electron chi connectivity index (χ1n) is 0.651. The average Bonchev–Trinajstić information content (AvgIpc) is 0.811. The van der Waals surface area contributed by atoms with Crippen molar-refractivity contribution in [2.24, 2.45) is 0 Å². The van der Waals surface area contributed by atoms with E-state index >= 15 is 0 Å². The first-order chi connectivity index (χ1) is 1.73. The maximum Gasteiger partial charge on any atom is 1.00 e. The van der Waals surface area contributed by atoms with E-state index in [9.17, 15) is 0 Å². The van der Waals surface area contributed by atoms with Gasteiger partial charge in [-0.05, 0) is 0 Å². The third-order valence-corrected chi connectivity index (χ3v) is 0. The minimum absolute atomic E-state index is 0. The molecular weight excluding hydrogens is 139 g/mol. The van der Waals surface area contributed by atoms with Gasteiger partial charge in [0.25, 0.3) is 0 Å². The predicted octanol–water partition coefficient (Wildman–Crippen LogP) is -4.51. The summed E-state index contributed by atoms with van der Waals surface area (Å²) in [5, 5.41) is 13.9. The summed E-state index contributed by atoms with van der Waals surface area (Å²) < 4.78 is 0. The van der Waals surface area contributed by atoms with Crippen molar-refractivity contribution in [2.45, 2.75) is 0 Å². The van der Waals surface area contributed by atoms with Gasteiger partial charge in [0.2, 0.25) is 0 Å². The molecule has 0 saturated carbocycles. The topological polar surface area (TPSA) is 89.0 Å². The van der Waals surface area contributed by atoms with Gasteiger partial charge in [0, 0.05) is 0 Å². The second kappa shape index (κ2) is 15.6. The fraction of sp³-hybridized carbons (Fsp3) is 0. The van der Waals surface area contributed by atoms with Crippen LogP contribution in [0.5, 0.6) is 0 Å². The van der Waals surface area contributed by atoms with Crippen molar-refractivity contribution in [1.29, 1.82) is 0 Å². The predicted molar refractivity (Wildman–Crippen MR) is 22.8 cm³/mol. The minimum Gasteiger partial charge on any atom is 1.00 e. The van der Waals surface area contributed by atoms with Crippen LogP contribution in [0.2, 0.25) is 0 Å². The largest absolute Gasteiger partial charge is 1.00 e. The van der Waals surface area contributed by atoms with E-state index in [0.717, 1.165) is 0 Å². The maximum absolute atomic E-state index is 8.56. The van der Waals surface area contributed by atoms with Crippen molar-refractivity contribution in [3.05, 3.63) is 0 Å². The molecule has 4 N–H and O–H groups in total. The van der Waals surface area contributed by atoms with E-state index in [-0.39, 0.29) is 72.8 Å². The molecule has 36 valence electrons. The van der Waals surface area contributed by atoms with Crippen molar-refractivity contribution in [1.82, 2.24) is 0 Å². The third kappa shape index (κ3) is 102. The zero-order chi connectivity index (χ0) is 3.58. The van der Waals surface area contributed by atoms with E-state index in [1.807, 2.05) is 0 Å².